The second kappa shape index (κ2) is 9.07. The molecule has 0 amide bonds. The molecule has 27 heavy (non-hydrogen) atoms. The van der Waals surface area contributed by atoms with Crippen molar-refractivity contribution in [1.82, 2.24) is 15.5 Å². The number of hydrogen-bond donors (Lipinski definition) is 2. The third-order valence-corrected chi connectivity index (χ3v) is 6.35. The molecule has 0 spiro atoms. The quantitative estimate of drug-likeness (QED) is 0.616. The van der Waals surface area contributed by atoms with Crippen LogP contribution in [0.15, 0.2) is 35.3 Å². The molecule has 2 heterocycles. The fourth-order valence-electron chi connectivity index (χ4n) is 4.36. The second-order valence-corrected chi connectivity index (χ2v) is 8.46. The predicted octanol–water partition coefficient (Wildman–Crippen LogP) is 2.63. The van der Waals surface area contributed by atoms with E-state index in [0.29, 0.717) is 18.0 Å². The Morgan fingerprint density at radius 3 is 2.52 bits per heavy atom. The fourth-order valence-corrected chi connectivity index (χ4v) is 4.36. The van der Waals surface area contributed by atoms with Gasteiger partial charge >= 0.3 is 0 Å². The van der Waals surface area contributed by atoms with Crippen molar-refractivity contribution in [3.63, 3.8) is 0 Å². The summed E-state index contributed by atoms with van der Waals surface area (Å²) >= 11 is 0. The SMILES string of the molecule is CN=C(NCC1(c2ccccc2)CCOCC1)NC1CN(C(C)C)CC1C. The van der Waals surface area contributed by atoms with Crippen LogP contribution >= 0.6 is 0 Å². The molecule has 0 radical (unpaired) electrons. The van der Waals surface area contributed by atoms with Gasteiger partial charge in [-0.15, -0.1) is 0 Å². The van der Waals surface area contributed by atoms with Gasteiger partial charge in [0.25, 0.3) is 0 Å². The average Bonchev–Trinajstić information content (AvgIpc) is 3.07. The van der Waals surface area contributed by atoms with Crippen molar-refractivity contribution < 1.29 is 4.74 Å². The maximum atomic E-state index is 5.66. The number of hydrogen-bond acceptors (Lipinski definition) is 3. The molecule has 1 aromatic carbocycles. The number of rotatable bonds is 5. The molecule has 150 valence electrons. The lowest BCUT2D eigenvalue weighted by molar-refractivity contribution is 0.0513. The van der Waals surface area contributed by atoms with Gasteiger partial charge in [-0.05, 0) is 38.2 Å². The van der Waals surface area contributed by atoms with E-state index in [0.717, 1.165) is 51.6 Å². The van der Waals surface area contributed by atoms with Crippen LogP contribution in [0.25, 0.3) is 0 Å². The highest BCUT2D eigenvalue weighted by molar-refractivity contribution is 5.80. The van der Waals surface area contributed by atoms with Crippen LogP contribution in [0.2, 0.25) is 0 Å². The molecule has 3 rings (SSSR count). The molecule has 2 atom stereocenters. The molecule has 2 saturated heterocycles. The highest BCUT2D eigenvalue weighted by Crippen LogP contribution is 2.34. The van der Waals surface area contributed by atoms with Gasteiger partial charge < -0.3 is 15.4 Å². The van der Waals surface area contributed by atoms with Crippen LogP contribution in [0.1, 0.15) is 39.2 Å². The topological polar surface area (TPSA) is 48.9 Å². The summed E-state index contributed by atoms with van der Waals surface area (Å²) < 4.78 is 5.66. The van der Waals surface area contributed by atoms with E-state index in [1.165, 1.54) is 5.56 Å². The smallest absolute Gasteiger partial charge is 0.191 e. The normalized spacial score (nSPS) is 26.3. The number of likely N-dealkylation sites (tertiary alicyclic amines) is 1. The lowest BCUT2D eigenvalue weighted by Crippen LogP contribution is -2.51. The number of nitrogens with one attached hydrogen (secondary N) is 2. The third-order valence-electron chi connectivity index (χ3n) is 6.35. The van der Waals surface area contributed by atoms with Gasteiger partial charge in [0.05, 0.1) is 0 Å². The van der Waals surface area contributed by atoms with E-state index < -0.39 is 0 Å². The van der Waals surface area contributed by atoms with E-state index in [1.54, 1.807) is 0 Å². The summed E-state index contributed by atoms with van der Waals surface area (Å²) in [6, 6.07) is 11.9. The van der Waals surface area contributed by atoms with Crippen molar-refractivity contribution in [2.24, 2.45) is 10.9 Å². The van der Waals surface area contributed by atoms with Crippen molar-refractivity contribution in [3.8, 4) is 0 Å². The number of benzene rings is 1. The van der Waals surface area contributed by atoms with Crippen LogP contribution < -0.4 is 10.6 Å². The lowest BCUT2D eigenvalue weighted by atomic mass is 9.74. The van der Waals surface area contributed by atoms with Gasteiger partial charge in [-0.3, -0.25) is 9.89 Å². The Hall–Kier alpha value is -1.59. The van der Waals surface area contributed by atoms with Gasteiger partial charge in [0, 0.05) is 57.4 Å². The first-order valence-electron chi connectivity index (χ1n) is 10.4. The van der Waals surface area contributed by atoms with Crippen LogP contribution in [0.5, 0.6) is 0 Å². The summed E-state index contributed by atoms with van der Waals surface area (Å²) in [5, 5.41) is 7.31. The zero-order chi connectivity index (χ0) is 19.3. The Kier molecular flexibility index (Phi) is 6.77. The summed E-state index contributed by atoms with van der Waals surface area (Å²) in [5.41, 5.74) is 1.51. The van der Waals surface area contributed by atoms with Crippen molar-refractivity contribution in [3.05, 3.63) is 35.9 Å². The van der Waals surface area contributed by atoms with Crippen LogP contribution in [-0.4, -0.2) is 62.8 Å². The molecule has 2 aliphatic rings. The number of aliphatic imine (C=N–C) groups is 1. The number of nitrogens with zero attached hydrogens (tertiary/aromatic N) is 2. The minimum atomic E-state index is 0.113. The van der Waals surface area contributed by atoms with Gasteiger partial charge in [0.2, 0.25) is 0 Å². The standard InChI is InChI=1S/C22H36N4O/c1-17(2)26-14-18(3)20(15-26)25-21(23-4)24-16-22(10-12-27-13-11-22)19-8-6-5-7-9-19/h5-9,17-18,20H,10-16H2,1-4H3,(H2,23,24,25). The monoisotopic (exact) mass is 372 g/mol. The molecular weight excluding hydrogens is 336 g/mol. The average molecular weight is 373 g/mol. The summed E-state index contributed by atoms with van der Waals surface area (Å²) in [6.07, 6.45) is 2.09. The molecule has 2 N–H and O–H groups in total. The van der Waals surface area contributed by atoms with Gasteiger partial charge in [-0.1, -0.05) is 37.3 Å². The molecule has 0 aromatic heterocycles. The van der Waals surface area contributed by atoms with E-state index in [4.69, 9.17) is 4.74 Å². The molecule has 1 aromatic rings. The molecule has 2 aliphatic heterocycles. The first kappa shape index (κ1) is 20.2. The fraction of sp³-hybridized carbons (Fsp3) is 0.682. The summed E-state index contributed by atoms with van der Waals surface area (Å²) in [4.78, 5) is 7.05. The van der Waals surface area contributed by atoms with Gasteiger partial charge in [0.1, 0.15) is 0 Å². The highest BCUT2D eigenvalue weighted by atomic mass is 16.5. The predicted molar refractivity (Wildman–Crippen MR) is 112 cm³/mol. The van der Waals surface area contributed by atoms with Crippen molar-refractivity contribution in [1.29, 1.82) is 0 Å². The highest BCUT2D eigenvalue weighted by Gasteiger charge is 2.35. The number of ether oxygens (including phenoxy) is 1. The van der Waals surface area contributed by atoms with E-state index in [1.807, 2.05) is 7.05 Å². The Morgan fingerprint density at radius 2 is 1.93 bits per heavy atom. The van der Waals surface area contributed by atoms with Crippen molar-refractivity contribution in [2.75, 3.05) is 39.9 Å². The Morgan fingerprint density at radius 1 is 1.22 bits per heavy atom. The maximum absolute atomic E-state index is 5.66. The molecule has 0 bridgehead atoms. The van der Waals surface area contributed by atoms with Crippen LogP contribution in [0, 0.1) is 5.92 Å². The maximum Gasteiger partial charge on any atom is 0.191 e. The van der Waals surface area contributed by atoms with E-state index in [9.17, 15) is 0 Å². The minimum Gasteiger partial charge on any atom is -0.381 e. The molecule has 2 unspecified atom stereocenters. The van der Waals surface area contributed by atoms with Gasteiger partial charge in [0.15, 0.2) is 5.96 Å². The van der Waals surface area contributed by atoms with E-state index in [2.05, 4.69) is 71.6 Å². The van der Waals surface area contributed by atoms with Gasteiger partial charge in [-0.25, -0.2) is 0 Å². The summed E-state index contributed by atoms with van der Waals surface area (Å²) in [6.45, 7) is 11.6. The Bertz CT molecular complexity index is 610. The zero-order valence-corrected chi connectivity index (χ0v) is 17.4. The Labute approximate surface area is 164 Å². The second-order valence-electron chi connectivity index (χ2n) is 8.46. The number of guanidine groups is 1. The molecule has 5 heteroatoms. The Balaban J connectivity index is 1.64. The largest absolute Gasteiger partial charge is 0.381 e. The van der Waals surface area contributed by atoms with E-state index >= 15 is 0 Å². The molecule has 2 fully saturated rings. The van der Waals surface area contributed by atoms with Gasteiger partial charge in [-0.2, -0.15) is 0 Å². The molecule has 0 saturated carbocycles. The van der Waals surface area contributed by atoms with E-state index in [-0.39, 0.29) is 5.41 Å². The third kappa shape index (κ3) is 4.82. The van der Waals surface area contributed by atoms with Crippen LogP contribution in [-0.2, 0) is 10.2 Å². The minimum absolute atomic E-state index is 0.113. The lowest BCUT2D eigenvalue weighted by Gasteiger charge is -2.38. The molecule has 5 nitrogen and oxygen atoms in total. The first-order valence-corrected chi connectivity index (χ1v) is 10.4. The van der Waals surface area contributed by atoms with Crippen LogP contribution in [0.4, 0.5) is 0 Å². The summed E-state index contributed by atoms with van der Waals surface area (Å²) in [5.74, 6) is 1.54. The van der Waals surface area contributed by atoms with Crippen molar-refractivity contribution in [2.45, 2.75) is 51.1 Å². The summed E-state index contributed by atoms with van der Waals surface area (Å²) in [7, 11) is 1.87. The van der Waals surface area contributed by atoms with Crippen LogP contribution in [0.3, 0.4) is 0 Å². The molecule has 0 aliphatic carbocycles. The zero-order valence-electron chi connectivity index (χ0n) is 17.4. The first-order chi connectivity index (χ1) is 13.0. The molecular formula is C22H36N4O. The van der Waals surface area contributed by atoms with Crippen molar-refractivity contribution >= 4 is 5.96 Å².